The summed E-state index contributed by atoms with van der Waals surface area (Å²) in [5.41, 5.74) is 2.15. The first kappa shape index (κ1) is 19.4. The molecule has 5 nitrogen and oxygen atoms in total. The fourth-order valence-electron chi connectivity index (χ4n) is 2.43. The number of carbonyl (C=O) groups is 1. The highest BCUT2D eigenvalue weighted by molar-refractivity contribution is 5.77. The zero-order valence-electron chi connectivity index (χ0n) is 15.5. The van der Waals surface area contributed by atoms with Crippen LogP contribution >= 0.6 is 0 Å². The molecular formula is C21H25NO4. The maximum absolute atomic E-state index is 12.0. The van der Waals surface area contributed by atoms with Crippen molar-refractivity contribution in [2.24, 2.45) is 0 Å². The molecule has 0 unspecified atom stereocenters. The summed E-state index contributed by atoms with van der Waals surface area (Å²) in [7, 11) is 3.22. The molecule has 2 rings (SSSR count). The van der Waals surface area contributed by atoms with Crippen LogP contribution in [0, 0.1) is 0 Å². The molecule has 2 aromatic carbocycles. The van der Waals surface area contributed by atoms with Crippen LogP contribution in [0.3, 0.4) is 0 Å². The number of methoxy groups -OCH3 is 2. The van der Waals surface area contributed by atoms with E-state index in [-0.39, 0.29) is 12.5 Å². The van der Waals surface area contributed by atoms with Crippen molar-refractivity contribution in [1.82, 2.24) is 5.32 Å². The molecule has 0 spiro atoms. The lowest BCUT2D eigenvalue weighted by molar-refractivity contribution is -0.123. The number of amides is 1. The standard InChI is InChI=1S/C21H25NO4/c1-4-5-17-8-11-19(20(14-17)25-3)26-15-21(23)22-13-12-16-6-9-18(24-2)10-7-16/h4-11,14H,12-13,15H2,1-3H3,(H,22,23)/b5-4+. The van der Waals surface area contributed by atoms with E-state index in [4.69, 9.17) is 14.2 Å². The molecule has 1 amide bonds. The van der Waals surface area contributed by atoms with Crippen LogP contribution in [0.5, 0.6) is 17.2 Å². The lowest BCUT2D eigenvalue weighted by Crippen LogP contribution is -2.30. The highest BCUT2D eigenvalue weighted by Gasteiger charge is 2.08. The molecule has 2 aromatic rings. The molecule has 0 saturated heterocycles. The van der Waals surface area contributed by atoms with Crippen LogP contribution in [-0.2, 0) is 11.2 Å². The van der Waals surface area contributed by atoms with Crippen LogP contribution in [0.2, 0.25) is 0 Å². The van der Waals surface area contributed by atoms with E-state index < -0.39 is 0 Å². The van der Waals surface area contributed by atoms with Gasteiger partial charge in [0.15, 0.2) is 18.1 Å². The second-order valence-electron chi connectivity index (χ2n) is 5.65. The zero-order chi connectivity index (χ0) is 18.8. The molecule has 0 fully saturated rings. The largest absolute Gasteiger partial charge is 0.497 e. The average Bonchev–Trinajstić information content (AvgIpc) is 2.67. The third-order valence-corrected chi connectivity index (χ3v) is 3.80. The molecule has 0 aliphatic rings. The van der Waals surface area contributed by atoms with Gasteiger partial charge in [-0.3, -0.25) is 4.79 Å². The molecule has 26 heavy (non-hydrogen) atoms. The summed E-state index contributed by atoms with van der Waals surface area (Å²) in [4.78, 5) is 12.0. The van der Waals surface area contributed by atoms with Gasteiger partial charge in [-0.1, -0.05) is 30.4 Å². The predicted octanol–water partition coefficient (Wildman–Crippen LogP) is 3.47. The van der Waals surface area contributed by atoms with Gasteiger partial charge in [-0.25, -0.2) is 0 Å². The predicted molar refractivity (Wildman–Crippen MR) is 103 cm³/mol. The Labute approximate surface area is 154 Å². The van der Waals surface area contributed by atoms with Gasteiger partial charge >= 0.3 is 0 Å². The number of nitrogens with one attached hydrogen (secondary N) is 1. The van der Waals surface area contributed by atoms with Gasteiger partial charge in [0, 0.05) is 6.54 Å². The van der Waals surface area contributed by atoms with Crippen molar-refractivity contribution in [3.63, 3.8) is 0 Å². The quantitative estimate of drug-likeness (QED) is 0.748. The Morgan fingerprint density at radius 2 is 1.81 bits per heavy atom. The average molecular weight is 355 g/mol. The minimum Gasteiger partial charge on any atom is -0.497 e. The van der Waals surface area contributed by atoms with Crippen molar-refractivity contribution in [2.75, 3.05) is 27.4 Å². The first-order valence-electron chi connectivity index (χ1n) is 8.49. The maximum Gasteiger partial charge on any atom is 0.257 e. The number of rotatable bonds is 9. The van der Waals surface area contributed by atoms with Gasteiger partial charge in [-0.2, -0.15) is 0 Å². The Balaban J connectivity index is 1.79. The topological polar surface area (TPSA) is 56.8 Å². The highest BCUT2D eigenvalue weighted by Crippen LogP contribution is 2.28. The van der Waals surface area contributed by atoms with Crippen LogP contribution in [0.4, 0.5) is 0 Å². The number of allylic oxidation sites excluding steroid dienone is 1. The van der Waals surface area contributed by atoms with Crippen LogP contribution in [0.25, 0.3) is 6.08 Å². The van der Waals surface area contributed by atoms with Crippen molar-refractivity contribution in [1.29, 1.82) is 0 Å². The van der Waals surface area contributed by atoms with E-state index in [1.54, 1.807) is 20.3 Å². The van der Waals surface area contributed by atoms with Gasteiger partial charge in [0.1, 0.15) is 5.75 Å². The van der Waals surface area contributed by atoms with E-state index in [1.807, 2.05) is 55.5 Å². The fourth-order valence-corrected chi connectivity index (χ4v) is 2.43. The van der Waals surface area contributed by atoms with Crippen LogP contribution in [0.15, 0.2) is 48.5 Å². The Morgan fingerprint density at radius 3 is 2.46 bits per heavy atom. The third-order valence-electron chi connectivity index (χ3n) is 3.80. The van der Waals surface area contributed by atoms with Crippen LogP contribution < -0.4 is 19.5 Å². The number of hydrogen-bond acceptors (Lipinski definition) is 4. The van der Waals surface area contributed by atoms with E-state index in [0.717, 1.165) is 23.3 Å². The summed E-state index contributed by atoms with van der Waals surface area (Å²) in [6.07, 6.45) is 4.67. The second-order valence-corrected chi connectivity index (χ2v) is 5.65. The van der Waals surface area contributed by atoms with E-state index in [1.165, 1.54) is 0 Å². The minimum absolute atomic E-state index is 0.0536. The van der Waals surface area contributed by atoms with Gasteiger partial charge in [0.25, 0.3) is 5.91 Å². The van der Waals surface area contributed by atoms with Crippen LogP contribution in [0.1, 0.15) is 18.1 Å². The molecule has 138 valence electrons. The normalized spacial score (nSPS) is 10.6. The van der Waals surface area contributed by atoms with Gasteiger partial charge in [0.2, 0.25) is 0 Å². The van der Waals surface area contributed by atoms with E-state index >= 15 is 0 Å². The molecule has 0 aliphatic heterocycles. The molecule has 0 aromatic heterocycles. The third kappa shape index (κ3) is 5.84. The summed E-state index contributed by atoms with van der Waals surface area (Å²) in [5, 5.41) is 2.85. The molecule has 5 heteroatoms. The van der Waals surface area contributed by atoms with Gasteiger partial charge < -0.3 is 19.5 Å². The van der Waals surface area contributed by atoms with E-state index in [9.17, 15) is 4.79 Å². The highest BCUT2D eigenvalue weighted by atomic mass is 16.5. The Bertz CT molecular complexity index is 738. The molecule has 0 aliphatic carbocycles. The lowest BCUT2D eigenvalue weighted by Gasteiger charge is -2.11. The van der Waals surface area contributed by atoms with Gasteiger partial charge in [0.05, 0.1) is 14.2 Å². The summed E-state index contributed by atoms with van der Waals surface area (Å²) in [5.74, 6) is 1.80. The molecule has 0 bridgehead atoms. The van der Waals surface area contributed by atoms with Gasteiger partial charge in [-0.15, -0.1) is 0 Å². The summed E-state index contributed by atoms with van der Waals surface area (Å²) in [6.45, 7) is 2.45. The molecule has 0 heterocycles. The summed E-state index contributed by atoms with van der Waals surface area (Å²) in [6, 6.07) is 13.4. The molecule has 0 radical (unpaired) electrons. The monoisotopic (exact) mass is 355 g/mol. The molecular weight excluding hydrogens is 330 g/mol. The summed E-state index contributed by atoms with van der Waals surface area (Å²) < 4.78 is 16.0. The number of ether oxygens (including phenoxy) is 3. The Kier molecular flexibility index (Phi) is 7.55. The van der Waals surface area contributed by atoms with Crippen molar-refractivity contribution in [3.8, 4) is 17.2 Å². The number of carbonyl (C=O) groups excluding carboxylic acids is 1. The fraction of sp³-hybridized carbons (Fsp3) is 0.286. The number of benzene rings is 2. The van der Waals surface area contributed by atoms with Crippen molar-refractivity contribution in [3.05, 3.63) is 59.7 Å². The smallest absolute Gasteiger partial charge is 0.257 e. The molecule has 1 N–H and O–H groups in total. The molecule has 0 saturated carbocycles. The summed E-state index contributed by atoms with van der Waals surface area (Å²) >= 11 is 0. The first-order valence-corrected chi connectivity index (χ1v) is 8.49. The number of hydrogen-bond donors (Lipinski definition) is 1. The molecule has 0 atom stereocenters. The Hall–Kier alpha value is -2.95. The minimum atomic E-state index is -0.168. The SMILES string of the molecule is C/C=C/c1ccc(OCC(=O)NCCc2ccc(OC)cc2)c(OC)c1. The van der Waals surface area contributed by atoms with E-state index in [2.05, 4.69) is 5.32 Å². The van der Waals surface area contributed by atoms with Crippen molar-refractivity contribution >= 4 is 12.0 Å². The van der Waals surface area contributed by atoms with Crippen molar-refractivity contribution < 1.29 is 19.0 Å². The second kappa shape index (κ2) is 10.1. The Morgan fingerprint density at radius 1 is 1.04 bits per heavy atom. The van der Waals surface area contributed by atoms with Gasteiger partial charge in [-0.05, 0) is 48.7 Å². The lowest BCUT2D eigenvalue weighted by atomic mass is 10.1. The van der Waals surface area contributed by atoms with Crippen molar-refractivity contribution in [2.45, 2.75) is 13.3 Å². The van der Waals surface area contributed by atoms with E-state index in [0.29, 0.717) is 18.0 Å². The van der Waals surface area contributed by atoms with Crippen LogP contribution in [-0.4, -0.2) is 33.3 Å². The first-order chi connectivity index (χ1) is 12.7. The zero-order valence-corrected chi connectivity index (χ0v) is 15.5. The maximum atomic E-state index is 12.0.